The van der Waals surface area contributed by atoms with E-state index in [9.17, 15) is 18.3 Å². The zero-order chi connectivity index (χ0) is 17.2. The predicted octanol–water partition coefficient (Wildman–Crippen LogP) is 2.07. The van der Waals surface area contributed by atoms with Crippen molar-refractivity contribution in [2.45, 2.75) is 4.90 Å². The van der Waals surface area contributed by atoms with E-state index in [1.165, 1.54) is 22.5 Å². The van der Waals surface area contributed by atoms with Gasteiger partial charge in [-0.3, -0.25) is 0 Å². The Morgan fingerprint density at radius 3 is 2.25 bits per heavy atom. The molecule has 0 saturated carbocycles. The Bertz CT molecular complexity index is 840. The molecule has 1 aliphatic rings. The number of carboxylic acids is 1. The Labute approximate surface area is 140 Å². The van der Waals surface area contributed by atoms with Crippen LogP contribution >= 0.6 is 0 Å². The molecule has 1 saturated heterocycles. The molecule has 3 rings (SSSR count). The summed E-state index contributed by atoms with van der Waals surface area (Å²) < 4.78 is 31.8. The first-order valence-corrected chi connectivity index (χ1v) is 8.95. The lowest BCUT2D eigenvalue weighted by Gasteiger charge is -2.26. The summed E-state index contributed by atoms with van der Waals surface area (Å²) in [5, 5.41) is 9.27. The van der Waals surface area contributed by atoms with Crippen molar-refractivity contribution in [3.63, 3.8) is 0 Å². The molecule has 1 N–H and O–H groups in total. The first-order chi connectivity index (χ1) is 11.5. The van der Waals surface area contributed by atoms with Crippen molar-refractivity contribution in [2.24, 2.45) is 0 Å². The van der Waals surface area contributed by atoms with Crippen molar-refractivity contribution in [3.8, 4) is 11.1 Å². The first kappa shape index (κ1) is 16.6. The summed E-state index contributed by atoms with van der Waals surface area (Å²) in [6.45, 7) is 1.46. The summed E-state index contributed by atoms with van der Waals surface area (Å²) in [6.07, 6.45) is 0. The SMILES string of the molecule is O=C(O)c1ccccc1-c1ccc(S(=O)(=O)N2CCOCC2)cc1. The van der Waals surface area contributed by atoms with E-state index in [0.717, 1.165) is 0 Å². The number of carboxylic acid groups (broad SMARTS) is 1. The van der Waals surface area contributed by atoms with Gasteiger partial charge >= 0.3 is 5.97 Å². The number of benzene rings is 2. The molecule has 2 aromatic rings. The Balaban J connectivity index is 1.93. The van der Waals surface area contributed by atoms with Crippen molar-refractivity contribution < 1.29 is 23.1 Å². The van der Waals surface area contributed by atoms with Crippen LogP contribution in [0, 0.1) is 0 Å². The van der Waals surface area contributed by atoms with Crippen molar-refractivity contribution in [2.75, 3.05) is 26.3 Å². The number of aromatic carboxylic acids is 1. The first-order valence-electron chi connectivity index (χ1n) is 7.51. The molecule has 0 unspecified atom stereocenters. The van der Waals surface area contributed by atoms with Gasteiger partial charge in [0, 0.05) is 13.1 Å². The predicted molar refractivity (Wildman–Crippen MR) is 88.4 cm³/mol. The van der Waals surface area contributed by atoms with Gasteiger partial charge in [-0.2, -0.15) is 4.31 Å². The van der Waals surface area contributed by atoms with Crippen LogP contribution in [-0.4, -0.2) is 50.1 Å². The summed E-state index contributed by atoms with van der Waals surface area (Å²) in [5.41, 5.74) is 1.40. The Morgan fingerprint density at radius 2 is 1.62 bits per heavy atom. The van der Waals surface area contributed by atoms with Crippen LogP contribution in [0.5, 0.6) is 0 Å². The molecule has 1 aliphatic heterocycles. The smallest absolute Gasteiger partial charge is 0.336 e. The van der Waals surface area contributed by atoms with E-state index in [1.54, 1.807) is 30.3 Å². The summed E-state index contributed by atoms with van der Waals surface area (Å²) in [7, 11) is -3.55. The highest BCUT2D eigenvalue weighted by Gasteiger charge is 2.26. The lowest BCUT2D eigenvalue weighted by molar-refractivity contribution is 0.0697. The van der Waals surface area contributed by atoms with Crippen LogP contribution in [0.2, 0.25) is 0 Å². The number of rotatable bonds is 4. The normalized spacial score (nSPS) is 16.0. The third-order valence-corrected chi connectivity index (χ3v) is 5.84. The van der Waals surface area contributed by atoms with Gasteiger partial charge in [0.25, 0.3) is 0 Å². The number of ether oxygens (including phenoxy) is 1. The fourth-order valence-corrected chi connectivity index (χ4v) is 4.07. The van der Waals surface area contributed by atoms with Gasteiger partial charge in [-0.15, -0.1) is 0 Å². The molecule has 0 amide bonds. The lowest BCUT2D eigenvalue weighted by Crippen LogP contribution is -2.40. The third kappa shape index (κ3) is 3.19. The topological polar surface area (TPSA) is 83.9 Å². The molecular formula is C17H17NO5S. The summed E-state index contributed by atoms with van der Waals surface area (Å²) in [6, 6.07) is 12.9. The summed E-state index contributed by atoms with van der Waals surface area (Å²) in [5.74, 6) is -1.02. The maximum Gasteiger partial charge on any atom is 0.336 e. The van der Waals surface area contributed by atoms with Crippen LogP contribution in [0.3, 0.4) is 0 Å². The molecule has 0 bridgehead atoms. The molecule has 7 heteroatoms. The van der Waals surface area contributed by atoms with E-state index in [1.807, 2.05) is 0 Å². The molecule has 0 aliphatic carbocycles. The van der Waals surface area contributed by atoms with E-state index >= 15 is 0 Å². The lowest BCUT2D eigenvalue weighted by atomic mass is 10.00. The number of hydrogen-bond donors (Lipinski definition) is 1. The summed E-state index contributed by atoms with van der Waals surface area (Å²) >= 11 is 0. The average Bonchev–Trinajstić information content (AvgIpc) is 2.62. The van der Waals surface area contributed by atoms with E-state index in [-0.39, 0.29) is 10.5 Å². The number of hydrogen-bond acceptors (Lipinski definition) is 4. The summed E-state index contributed by atoms with van der Waals surface area (Å²) in [4.78, 5) is 11.5. The minimum Gasteiger partial charge on any atom is -0.478 e. The van der Waals surface area contributed by atoms with Gasteiger partial charge in [-0.25, -0.2) is 13.2 Å². The minimum absolute atomic E-state index is 0.182. The van der Waals surface area contributed by atoms with Gasteiger partial charge in [0.2, 0.25) is 10.0 Å². The average molecular weight is 347 g/mol. The molecule has 1 fully saturated rings. The second kappa shape index (κ2) is 6.72. The molecule has 24 heavy (non-hydrogen) atoms. The van der Waals surface area contributed by atoms with Crippen LogP contribution in [-0.2, 0) is 14.8 Å². The van der Waals surface area contributed by atoms with Gasteiger partial charge < -0.3 is 9.84 Å². The molecule has 126 valence electrons. The quantitative estimate of drug-likeness (QED) is 0.915. The van der Waals surface area contributed by atoms with E-state index in [2.05, 4.69) is 0 Å². The number of nitrogens with zero attached hydrogens (tertiary/aromatic N) is 1. The molecule has 0 atom stereocenters. The fraction of sp³-hybridized carbons (Fsp3) is 0.235. The van der Waals surface area contributed by atoms with Crippen molar-refractivity contribution in [1.29, 1.82) is 0 Å². The number of sulfonamides is 1. The van der Waals surface area contributed by atoms with Gasteiger partial charge in [0.05, 0.1) is 23.7 Å². The molecule has 2 aromatic carbocycles. The van der Waals surface area contributed by atoms with Crippen LogP contribution in [0.15, 0.2) is 53.4 Å². The zero-order valence-electron chi connectivity index (χ0n) is 12.9. The molecule has 0 radical (unpaired) electrons. The Morgan fingerprint density at radius 1 is 1.00 bits per heavy atom. The maximum absolute atomic E-state index is 12.6. The largest absolute Gasteiger partial charge is 0.478 e. The Kier molecular flexibility index (Phi) is 4.66. The van der Waals surface area contributed by atoms with Gasteiger partial charge in [-0.05, 0) is 29.3 Å². The number of carbonyl (C=O) groups is 1. The van der Waals surface area contributed by atoms with E-state index < -0.39 is 16.0 Å². The van der Waals surface area contributed by atoms with Crippen LogP contribution < -0.4 is 0 Å². The second-order valence-electron chi connectivity index (χ2n) is 5.39. The second-order valence-corrected chi connectivity index (χ2v) is 7.33. The van der Waals surface area contributed by atoms with E-state index in [0.29, 0.717) is 37.4 Å². The molecule has 1 heterocycles. The fourth-order valence-electron chi connectivity index (χ4n) is 2.66. The van der Waals surface area contributed by atoms with Crippen LogP contribution in [0.4, 0.5) is 0 Å². The van der Waals surface area contributed by atoms with Crippen molar-refractivity contribution in [1.82, 2.24) is 4.31 Å². The standard InChI is InChI=1S/C17H17NO5S/c19-17(20)16-4-2-1-3-15(16)13-5-7-14(8-6-13)24(21,22)18-9-11-23-12-10-18/h1-8H,9-12H2,(H,19,20). The van der Waals surface area contributed by atoms with Crippen LogP contribution in [0.25, 0.3) is 11.1 Å². The van der Waals surface area contributed by atoms with Gasteiger partial charge in [-0.1, -0.05) is 30.3 Å². The zero-order valence-corrected chi connectivity index (χ0v) is 13.7. The highest BCUT2D eigenvalue weighted by Crippen LogP contribution is 2.26. The maximum atomic E-state index is 12.6. The molecular weight excluding hydrogens is 330 g/mol. The minimum atomic E-state index is -3.55. The third-order valence-electron chi connectivity index (χ3n) is 3.93. The number of morpholine rings is 1. The highest BCUT2D eigenvalue weighted by molar-refractivity contribution is 7.89. The van der Waals surface area contributed by atoms with Gasteiger partial charge in [0.1, 0.15) is 0 Å². The monoisotopic (exact) mass is 347 g/mol. The Hall–Kier alpha value is -2.22. The van der Waals surface area contributed by atoms with Crippen molar-refractivity contribution >= 4 is 16.0 Å². The van der Waals surface area contributed by atoms with Crippen LogP contribution in [0.1, 0.15) is 10.4 Å². The molecule has 0 aromatic heterocycles. The highest BCUT2D eigenvalue weighted by atomic mass is 32.2. The molecule has 0 spiro atoms. The van der Waals surface area contributed by atoms with Gasteiger partial charge in [0.15, 0.2) is 0 Å². The molecule has 6 nitrogen and oxygen atoms in total. The van der Waals surface area contributed by atoms with Crippen molar-refractivity contribution in [3.05, 3.63) is 54.1 Å². The van der Waals surface area contributed by atoms with E-state index in [4.69, 9.17) is 4.74 Å².